The number of aromatic nitrogens is 3. The number of amides is 1. The molecule has 2 aromatic rings. The van der Waals surface area contributed by atoms with Gasteiger partial charge in [0.25, 0.3) is 11.7 Å². The molecule has 130 valence electrons. The summed E-state index contributed by atoms with van der Waals surface area (Å²) in [5.41, 5.74) is -1.27. The normalized spacial score (nSPS) is 16.0. The maximum Gasteiger partial charge on any atom is 0.409 e. The number of hydrogen-bond donors (Lipinski definition) is 1. The van der Waals surface area contributed by atoms with Gasteiger partial charge in [-0.1, -0.05) is 6.57 Å². The Labute approximate surface area is 141 Å². The molecule has 0 atom stereocenters. The largest absolute Gasteiger partial charge is 0.409 e. The van der Waals surface area contributed by atoms with Crippen molar-refractivity contribution in [2.45, 2.75) is 37.9 Å². The van der Waals surface area contributed by atoms with Crippen molar-refractivity contribution in [3.05, 3.63) is 47.2 Å². The van der Waals surface area contributed by atoms with Gasteiger partial charge in [-0.15, -0.1) is 4.98 Å². The van der Waals surface area contributed by atoms with Crippen LogP contribution >= 0.6 is 0 Å². The molecule has 1 aliphatic rings. The first-order valence-corrected chi connectivity index (χ1v) is 7.54. The Kier molecular flexibility index (Phi) is 3.99. The van der Waals surface area contributed by atoms with Crippen LogP contribution in [0, 0.1) is 13.5 Å². The first-order valence-electron chi connectivity index (χ1n) is 7.54. The van der Waals surface area contributed by atoms with Crippen molar-refractivity contribution >= 4 is 17.4 Å². The van der Waals surface area contributed by atoms with Crippen LogP contribution in [0.25, 0.3) is 4.85 Å². The predicted molar refractivity (Wildman–Crippen MR) is 82.9 cm³/mol. The zero-order valence-electron chi connectivity index (χ0n) is 13.3. The summed E-state index contributed by atoms with van der Waals surface area (Å²) in [6.45, 7) is 8.64. The van der Waals surface area contributed by atoms with Crippen molar-refractivity contribution in [3.8, 4) is 0 Å². The Morgan fingerprint density at radius 2 is 2.12 bits per heavy atom. The minimum Gasteiger partial charge on any atom is -0.360 e. The number of aryl methyl sites for hydroxylation is 1. The number of alkyl halides is 3. The smallest absolute Gasteiger partial charge is 0.360 e. The van der Waals surface area contributed by atoms with Crippen molar-refractivity contribution in [2.24, 2.45) is 0 Å². The lowest BCUT2D eigenvalue weighted by atomic mass is 9.76. The van der Waals surface area contributed by atoms with E-state index in [0.29, 0.717) is 12.8 Å². The first-order chi connectivity index (χ1) is 11.8. The minimum absolute atomic E-state index is 0.0973. The molecular weight excluding hydrogens is 335 g/mol. The number of hydrogen-bond acceptors (Lipinski definition) is 3. The standard InChI is InChI=1S/C16H14F3N5O/c1-10-7-22-24(9-10)15(4-3-5-15)14(25)23-11-6-12(16(17,18)19)13(20-2)21-8-11/h6-9H,3-5H2,1H3,(H,23,25). The van der Waals surface area contributed by atoms with E-state index in [1.165, 1.54) is 0 Å². The molecule has 2 heterocycles. The molecule has 3 rings (SSSR count). The zero-order valence-corrected chi connectivity index (χ0v) is 13.3. The molecular formula is C16H14F3N5O. The van der Waals surface area contributed by atoms with E-state index in [9.17, 15) is 18.0 Å². The second kappa shape index (κ2) is 5.88. The van der Waals surface area contributed by atoms with Crippen molar-refractivity contribution in [1.82, 2.24) is 14.8 Å². The summed E-state index contributed by atoms with van der Waals surface area (Å²) in [6, 6.07) is 0.735. The Balaban J connectivity index is 1.89. The highest BCUT2D eigenvalue weighted by molar-refractivity contribution is 5.97. The molecule has 2 aromatic heterocycles. The number of nitrogens with one attached hydrogen (secondary N) is 1. The van der Waals surface area contributed by atoms with E-state index in [1.54, 1.807) is 17.1 Å². The number of halogens is 3. The van der Waals surface area contributed by atoms with Gasteiger partial charge in [0.05, 0.1) is 17.4 Å². The second-order valence-electron chi connectivity index (χ2n) is 6.01. The fraction of sp³-hybridized carbons (Fsp3) is 0.375. The fourth-order valence-corrected chi connectivity index (χ4v) is 2.79. The van der Waals surface area contributed by atoms with Gasteiger partial charge in [-0.05, 0) is 37.8 Å². The maximum atomic E-state index is 13.0. The van der Waals surface area contributed by atoms with E-state index in [1.807, 2.05) is 6.92 Å². The van der Waals surface area contributed by atoms with Gasteiger partial charge in [-0.3, -0.25) is 9.48 Å². The highest BCUT2D eigenvalue weighted by Gasteiger charge is 2.47. The number of pyridine rings is 1. The summed E-state index contributed by atoms with van der Waals surface area (Å²) < 4.78 is 40.6. The molecule has 0 aromatic carbocycles. The molecule has 0 bridgehead atoms. The van der Waals surface area contributed by atoms with Crippen molar-refractivity contribution in [3.63, 3.8) is 0 Å². The Morgan fingerprint density at radius 3 is 2.60 bits per heavy atom. The lowest BCUT2D eigenvalue weighted by molar-refractivity contribution is -0.137. The van der Waals surface area contributed by atoms with E-state index in [4.69, 9.17) is 6.57 Å². The molecule has 1 N–H and O–H groups in total. The second-order valence-corrected chi connectivity index (χ2v) is 6.01. The van der Waals surface area contributed by atoms with Gasteiger partial charge in [0.2, 0.25) is 0 Å². The lowest BCUT2D eigenvalue weighted by Crippen LogP contribution is -2.51. The molecule has 0 unspecified atom stereocenters. The third-order valence-electron chi connectivity index (χ3n) is 4.29. The maximum absolute atomic E-state index is 13.0. The van der Waals surface area contributed by atoms with Gasteiger partial charge in [-0.25, -0.2) is 0 Å². The third-order valence-corrected chi connectivity index (χ3v) is 4.29. The van der Waals surface area contributed by atoms with Crippen molar-refractivity contribution in [1.29, 1.82) is 0 Å². The predicted octanol–water partition coefficient (Wildman–Crippen LogP) is 3.67. The van der Waals surface area contributed by atoms with Crippen LogP contribution in [0.15, 0.2) is 24.7 Å². The van der Waals surface area contributed by atoms with Crippen molar-refractivity contribution in [2.75, 3.05) is 5.32 Å². The van der Waals surface area contributed by atoms with Gasteiger partial charge in [0, 0.05) is 6.20 Å². The van der Waals surface area contributed by atoms with Crippen LogP contribution in [0.4, 0.5) is 24.7 Å². The number of anilines is 1. The van der Waals surface area contributed by atoms with Crippen LogP contribution < -0.4 is 5.32 Å². The molecule has 1 aliphatic carbocycles. The van der Waals surface area contributed by atoms with E-state index < -0.39 is 29.0 Å². The molecule has 0 radical (unpaired) electrons. The number of nitrogens with zero attached hydrogens (tertiary/aromatic N) is 4. The van der Waals surface area contributed by atoms with Gasteiger partial charge in [0.15, 0.2) is 0 Å². The number of carbonyl (C=O) groups excluding carboxylic acids is 1. The number of rotatable bonds is 3. The van der Waals surface area contributed by atoms with E-state index in [2.05, 4.69) is 20.2 Å². The van der Waals surface area contributed by atoms with Crippen LogP contribution in [-0.2, 0) is 16.5 Å². The summed E-state index contributed by atoms with van der Waals surface area (Å²) in [7, 11) is 0. The van der Waals surface area contributed by atoms with Gasteiger partial charge >= 0.3 is 6.18 Å². The van der Waals surface area contributed by atoms with E-state index >= 15 is 0 Å². The highest BCUT2D eigenvalue weighted by atomic mass is 19.4. The molecule has 0 saturated heterocycles. The molecule has 0 spiro atoms. The van der Waals surface area contributed by atoms with Gasteiger partial charge in [-0.2, -0.15) is 18.3 Å². The van der Waals surface area contributed by atoms with Gasteiger partial charge < -0.3 is 10.2 Å². The van der Waals surface area contributed by atoms with Crippen LogP contribution in [-0.4, -0.2) is 20.7 Å². The zero-order chi connectivity index (χ0) is 18.2. The molecule has 9 heteroatoms. The molecule has 0 aliphatic heterocycles. The fourth-order valence-electron chi connectivity index (χ4n) is 2.79. The van der Waals surface area contributed by atoms with Gasteiger partial charge in [0.1, 0.15) is 11.7 Å². The molecule has 6 nitrogen and oxygen atoms in total. The summed E-state index contributed by atoms with van der Waals surface area (Å²) in [5, 5.41) is 6.67. The average molecular weight is 349 g/mol. The summed E-state index contributed by atoms with van der Waals surface area (Å²) in [5.74, 6) is -1.18. The first kappa shape index (κ1) is 17.0. The van der Waals surface area contributed by atoms with Crippen LogP contribution in [0.2, 0.25) is 0 Å². The molecule has 1 amide bonds. The average Bonchev–Trinajstić information content (AvgIpc) is 2.92. The topological polar surface area (TPSA) is 64.2 Å². The van der Waals surface area contributed by atoms with Crippen LogP contribution in [0.1, 0.15) is 30.4 Å². The lowest BCUT2D eigenvalue weighted by Gasteiger charge is -2.40. The van der Waals surface area contributed by atoms with Crippen LogP contribution in [0.5, 0.6) is 0 Å². The monoisotopic (exact) mass is 349 g/mol. The van der Waals surface area contributed by atoms with E-state index in [0.717, 1.165) is 24.2 Å². The number of carbonyl (C=O) groups is 1. The Hall–Kier alpha value is -2.89. The van der Waals surface area contributed by atoms with E-state index in [-0.39, 0.29) is 5.69 Å². The Bertz CT molecular complexity index is 861. The SMILES string of the molecule is [C-]#[N+]c1ncc(NC(=O)C2(n3cc(C)cn3)CCC2)cc1C(F)(F)F. The quantitative estimate of drug-likeness (QED) is 0.860. The molecule has 1 fully saturated rings. The molecule has 1 saturated carbocycles. The third kappa shape index (κ3) is 2.95. The summed E-state index contributed by atoms with van der Waals surface area (Å²) >= 11 is 0. The van der Waals surface area contributed by atoms with Crippen molar-refractivity contribution < 1.29 is 18.0 Å². The summed E-state index contributed by atoms with van der Waals surface area (Å²) in [6.07, 6.45) is 1.64. The molecule has 25 heavy (non-hydrogen) atoms. The summed E-state index contributed by atoms with van der Waals surface area (Å²) in [4.78, 5) is 19.0. The minimum atomic E-state index is -4.72. The highest BCUT2D eigenvalue weighted by Crippen LogP contribution is 2.41. The Morgan fingerprint density at radius 1 is 1.40 bits per heavy atom. The van der Waals surface area contributed by atoms with Crippen LogP contribution in [0.3, 0.4) is 0 Å².